The zero-order valence-corrected chi connectivity index (χ0v) is 22.7. The van der Waals surface area contributed by atoms with Gasteiger partial charge in [0.1, 0.15) is 0 Å². The van der Waals surface area contributed by atoms with Gasteiger partial charge >= 0.3 is 0 Å². The highest BCUT2D eigenvalue weighted by atomic mass is 32.1. The Morgan fingerprint density at radius 1 is 0.718 bits per heavy atom. The smallest absolute Gasteiger partial charge is 0.252 e. The van der Waals surface area contributed by atoms with Gasteiger partial charge in [-0.3, -0.25) is 9.59 Å². The summed E-state index contributed by atoms with van der Waals surface area (Å²) in [4.78, 5) is 38.2. The van der Waals surface area contributed by atoms with Crippen molar-refractivity contribution in [3.05, 3.63) is 107 Å². The zero-order chi connectivity index (χ0) is 26.8. The molecule has 0 saturated heterocycles. The highest BCUT2D eigenvalue weighted by Gasteiger charge is 2.18. The molecule has 0 radical (unpaired) electrons. The molecule has 6 nitrogen and oxygen atoms in total. The number of thiophene rings is 2. The van der Waals surface area contributed by atoms with Crippen LogP contribution in [0.1, 0.15) is 27.6 Å². The quantitative estimate of drug-likeness (QED) is 0.230. The average Bonchev–Trinajstić information content (AvgIpc) is 3.70. The molecule has 0 saturated carbocycles. The van der Waals surface area contributed by atoms with Crippen molar-refractivity contribution in [3.8, 4) is 21.1 Å². The van der Waals surface area contributed by atoms with Gasteiger partial charge in [0.2, 0.25) is 0 Å². The third kappa shape index (κ3) is 5.16. The molecule has 2 N–H and O–H groups in total. The molecule has 0 fully saturated rings. The Balaban J connectivity index is 1.21. The summed E-state index contributed by atoms with van der Waals surface area (Å²) < 4.78 is 0. The third-order valence-electron chi connectivity index (χ3n) is 6.42. The molecule has 0 aliphatic carbocycles. The molecule has 4 heterocycles. The summed E-state index contributed by atoms with van der Waals surface area (Å²) in [5, 5.41) is 11.6. The minimum Gasteiger partial charge on any atom is -0.350 e. The molecule has 6 aromatic rings. The number of nitrogens with zero attached hydrogens (tertiary/aromatic N) is 2. The second-order valence-corrected chi connectivity index (χ2v) is 11.1. The molecule has 1 atom stereocenters. The summed E-state index contributed by atoms with van der Waals surface area (Å²) >= 11 is 3.17. The summed E-state index contributed by atoms with van der Waals surface area (Å²) in [5.74, 6) is -0.413. The Bertz CT molecular complexity index is 1800. The Kier molecular flexibility index (Phi) is 6.87. The van der Waals surface area contributed by atoms with Crippen LogP contribution in [0.3, 0.4) is 0 Å². The van der Waals surface area contributed by atoms with Crippen LogP contribution in [0.4, 0.5) is 0 Å². The maximum atomic E-state index is 13.4. The fraction of sp³-hybridized carbons (Fsp3) is 0.0968. The number of para-hydroxylation sites is 2. The fourth-order valence-corrected chi connectivity index (χ4v) is 5.89. The lowest BCUT2D eigenvalue weighted by molar-refractivity contribution is 0.0914. The number of carbonyl (C=O) groups excluding carboxylic acids is 2. The van der Waals surface area contributed by atoms with Crippen molar-refractivity contribution in [2.75, 3.05) is 6.54 Å². The second-order valence-electron chi connectivity index (χ2n) is 9.18. The molecule has 4 aromatic heterocycles. The number of hydrogen-bond donors (Lipinski definition) is 2. The largest absolute Gasteiger partial charge is 0.350 e. The van der Waals surface area contributed by atoms with Crippen LogP contribution in [0, 0.1) is 0 Å². The lowest BCUT2D eigenvalue weighted by atomic mass is 10.1. The van der Waals surface area contributed by atoms with Gasteiger partial charge in [0.15, 0.2) is 0 Å². The van der Waals surface area contributed by atoms with Gasteiger partial charge in [-0.15, -0.1) is 22.7 Å². The predicted molar refractivity (Wildman–Crippen MR) is 159 cm³/mol. The molecule has 1 unspecified atom stereocenters. The Labute approximate surface area is 233 Å². The van der Waals surface area contributed by atoms with Crippen LogP contribution in [0.25, 0.3) is 42.9 Å². The van der Waals surface area contributed by atoms with Gasteiger partial charge in [0.05, 0.1) is 43.3 Å². The minimum atomic E-state index is -0.302. The van der Waals surface area contributed by atoms with E-state index in [1.165, 1.54) is 0 Å². The number of benzene rings is 2. The maximum absolute atomic E-state index is 13.4. The van der Waals surface area contributed by atoms with Crippen LogP contribution in [0.15, 0.2) is 95.7 Å². The van der Waals surface area contributed by atoms with E-state index in [0.29, 0.717) is 11.1 Å². The lowest BCUT2D eigenvalue weighted by Gasteiger charge is -2.17. The molecule has 8 heteroatoms. The lowest BCUT2D eigenvalue weighted by Crippen LogP contribution is -2.42. The van der Waals surface area contributed by atoms with Crippen molar-refractivity contribution < 1.29 is 9.59 Å². The van der Waals surface area contributed by atoms with Crippen molar-refractivity contribution in [1.29, 1.82) is 0 Å². The van der Waals surface area contributed by atoms with Gasteiger partial charge in [0.25, 0.3) is 11.8 Å². The molecule has 6 rings (SSSR count). The molecule has 0 bridgehead atoms. The van der Waals surface area contributed by atoms with E-state index in [-0.39, 0.29) is 24.4 Å². The van der Waals surface area contributed by atoms with Crippen LogP contribution in [0.5, 0.6) is 0 Å². The SMILES string of the molecule is CC(CNC(=O)c1cc(-c2cccs2)nc2ccccc12)NC(=O)c1cc(-c2cccs2)nc2ccccc12. The average molecular weight is 549 g/mol. The molecule has 39 heavy (non-hydrogen) atoms. The fourth-order valence-electron chi connectivity index (χ4n) is 4.52. The van der Waals surface area contributed by atoms with Gasteiger partial charge in [-0.05, 0) is 54.1 Å². The molecule has 0 spiro atoms. The van der Waals surface area contributed by atoms with E-state index in [9.17, 15) is 9.59 Å². The number of carbonyl (C=O) groups is 2. The van der Waals surface area contributed by atoms with Crippen molar-refractivity contribution in [2.45, 2.75) is 13.0 Å². The van der Waals surface area contributed by atoms with E-state index in [2.05, 4.69) is 10.6 Å². The summed E-state index contributed by atoms with van der Waals surface area (Å²) in [7, 11) is 0. The standard InChI is InChI=1S/C31H24N4O2S2/c1-19(33-31(37)23-17-27(29-13-7-15-39-29)35-25-11-5-3-9-21(23)25)18-32-30(36)22-16-26(28-12-6-14-38-28)34-24-10-4-2-8-20(22)24/h2-17,19H,18H2,1H3,(H,32,36)(H,33,37). The Morgan fingerprint density at radius 2 is 1.23 bits per heavy atom. The molecule has 2 amide bonds. The van der Waals surface area contributed by atoms with Crippen LogP contribution < -0.4 is 10.6 Å². The highest BCUT2D eigenvalue weighted by Crippen LogP contribution is 2.29. The van der Waals surface area contributed by atoms with E-state index in [1.54, 1.807) is 22.7 Å². The van der Waals surface area contributed by atoms with Gasteiger partial charge in [-0.25, -0.2) is 9.97 Å². The van der Waals surface area contributed by atoms with Crippen LogP contribution >= 0.6 is 22.7 Å². The number of hydrogen-bond acceptors (Lipinski definition) is 6. The molecule has 192 valence electrons. The first-order valence-electron chi connectivity index (χ1n) is 12.5. The van der Waals surface area contributed by atoms with Crippen molar-refractivity contribution in [2.24, 2.45) is 0 Å². The van der Waals surface area contributed by atoms with E-state index >= 15 is 0 Å². The first-order chi connectivity index (χ1) is 19.1. The maximum Gasteiger partial charge on any atom is 0.252 e. The third-order valence-corrected chi connectivity index (χ3v) is 8.20. The molecule has 2 aromatic carbocycles. The first-order valence-corrected chi connectivity index (χ1v) is 14.3. The number of nitrogens with one attached hydrogen (secondary N) is 2. The summed E-state index contributed by atoms with van der Waals surface area (Å²) in [6.07, 6.45) is 0. The van der Waals surface area contributed by atoms with Crippen molar-refractivity contribution in [1.82, 2.24) is 20.6 Å². The zero-order valence-electron chi connectivity index (χ0n) is 21.0. The monoisotopic (exact) mass is 548 g/mol. The van der Waals surface area contributed by atoms with Gasteiger partial charge in [-0.1, -0.05) is 48.5 Å². The number of amides is 2. The minimum absolute atomic E-state index is 0.206. The summed E-state index contributed by atoms with van der Waals surface area (Å²) in [5.41, 5.74) is 4.18. The van der Waals surface area contributed by atoms with Gasteiger partial charge < -0.3 is 10.6 Å². The van der Waals surface area contributed by atoms with Crippen LogP contribution in [-0.2, 0) is 0 Å². The Morgan fingerprint density at radius 3 is 1.74 bits per heavy atom. The topological polar surface area (TPSA) is 84.0 Å². The number of pyridine rings is 2. The second kappa shape index (κ2) is 10.8. The van der Waals surface area contributed by atoms with Crippen molar-refractivity contribution >= 4 is 56.3 Å². The highest BCUT2D eigenvalue weighted by molar-refractivity contribution is 7.13. The summed E-state index contributed by atoms with van der Waals surface area (Å²) in [6, 6.07) is 26.6. The number of rotatable bonds is 7. The molecular weight excluding hydrogens is 525 g/mol. The Hall–Kier alpha value is -4.40. The predicted octanol–water partition coefficient (Wildman–Crippen LogP) is 6.79. The van der Waals surface area contributed by atoms with E-state index < -0.39 is 0 Å². The van der Waals surface area contributed by atoms with E-state index in [0.717, 1.165) is 42.9 Å². The van der Waals surface area contributed by atoms with E-state index in [1.807, 2.05) is 103 Å². The van der Waals surface area contributed by atoms with Crippen molar-refractivity contribution in [3.63, 3.8) is 0 Å². The van der Waals surface area contributed by atoms with Gasteiger partial charge in [-0.2, -0.15) is 0 Å². The number of fused-ring (bicyclic) bond motifs is 2. The molecule has 0 aliphatic rings. The normalized spacial score (nSPS) is 11.9. The van der Waals surface area contributed by atoms with Crippen LogP contribution in [0.2, 0.25) is 0 Å². The number of aromatic nitrogens is 2. The molecule has 0 aliphatic heterocycles. The first kappa shape index (κ1) is 24.9. The summed E-state index contributed by atoms with van der Waals surface area (Å²) in [6.45, 7) is 2.15. The van der Waals surface area contributed by atoms with E-state index in [4.69, 9.17) is 9.97 Å². The molecular formula is C31H24N4O2S2. The van der Waals surface area contributed by atoms with Crippen LogP contribution in [-0.4, -0.2) is 34.4 Å². The van der Waals surface area contributed by atoms with Gasteiger partial charge in [0, 0.05) is 23.4 Å².